The van der Waals surface area contributed by atoms with Crippen molar-refractivity contribution < 1.29 is 18.7 Å². The average molecular weight is 308 g/mol. The maximum Gasteiger partial charge on any atom is 0.261 e. The van der Waals surface area contributed by atoms with Gasteiger partial charge in [0.1, 0.15) is 17.8 Å². The molecule has 110 valence electrons. The lowest BCUT2D eigenvalue weighted by atomic mass is 10.2. The van der Waals surface area contributed by atoms with E-state index in [2.05, 4.69) is 5.32 Å². The van der Waals surface area contributed by atoms with Gasteiger partial charge in [0.15, 0.2) is 6.10 Å². The summed E-state index contributed by atoms with van der Waals surface area (Å²) in [6, 6.07) is 8.12. The highest BCUT2D eigenvalue weighted by Crippen LogP contribution is 2.25. The summed E-state index contributed by atoms with van der Waals surface area (Å²) in [4.78, 5) is 22.5. The monoisotopic (exact) mass is 307 g/mol. The largest absolute Gasteiger partial charge is 0.479 e. The fourth-order valence-corrected chi connectivity index (χ4v) is 1.89. The van der Waals surface area contributed by atoms with Gasteiger partial charge >= 0.3 is 0 Å². The number of carbonyl (C=O) groups excluding carboxylic acids is 2. The molecule has 0 spiro atoms. The first-order valence-electron chi connectivity index (χ1n) is 6.31. The summed E-state index contributed by atoms with van der Waals surface area (Å²) in [5, 5.41) is 2.97. The van der Waals surface area contributed by atoms with Crippen molar-refractivity contribution in [2.24, 2.45) is 0 Å². The van der Waals surface area contributed by atoms with Crippen LogP contribution < -0.4 is 10.1 Å². The molecule has 2 aromatic rings. The lowest BCUT2D eigenvalue weighted by molar-refractivity contribution is -0.127. The number of furan rings is 1. The van der Waals surface area contributed by atoms with Crippen molar-refractivity contribution in [3.8, 4) is 5.75 Å². The van der Waals surface area contributed by atoms with Crippen LogP contribution in [0, 0.1) is 0 Å². The molecule has 6 heteroatoms. The number of amides is 1. The Balaban J connectivity index is 1.92. The third-order valence-electron chi connectivity index (χ3n) is 2.78. The zero-order valence-corrected chi connectivity index (χ0v) is 12.1. The van der Waals surface area contributed by atoms with E-state index in [0.29, 0.717) is 23.4 Å². The molecule has 1 amide bonds. The van der Waals surface area contributed by atoms with Crippen molar-refractivity contribution in [1.82, 2.24) is 5.32 Å². The van der Waals surface area contributed by atoms with Gasteiger partial charge in [0.05, 0.1) is 17.8 Å². The molecule has 1 atom stereocenters. The summed E-state index contributed by atoms with van der Waals surface area (Å²) in [5.41, 5.74) is 0.447. The summed E-state index contributed by atoms with van der Waals surface area (Å²) in [7, 11) is 0. The number of carbonyl (C=O) groups is 2. The predicted molar refractivity (Wildman–Crippen MR) is 77.5 cm³/mol. The Labute approximate surface area is 126 Å². The summed E-state index contributed by atoms with van der Waals surface area (Å²) in [5.74, 6) is 0.716. The highest BCUT2D eigenvalue weighted by molar-refractivity contribution is 6.32. The van der Waals surface area contributed by atoms with Crippen molar-refractivity contribution in [2.45, 2.75) is 19.6 Å². The molecular weight excluding hydrogens is 294 g/mol. The molecule has 0 aliphatic carbocycles. The predicted octanol–water partition coefficient (Wildman–Crippen LogP) is 2.83. The topological polar surface area (TPSA) is 68.5 Å². The minimum Gasteiger partial charge on any atom is -0.479 e. The molecule has 1 unspecified atom stereocenters. The lowest BCUT2D eigenvalue weighted by Gasteiger charge is -2.15. The lowest BCUT2D eigenvalue weighted by Crippen LogP contribution is -2.35. The molecule has 0 aliphatic rings. The van der Waals surface area contributed by atoms with Crippen LogP contribution in [0.4, 0.5) is 0 Å². The maximum absolute atomic E-state index is 11.9. The Morgan fingerprint density at radius 2 is 2.29 bits per heavy atom. The quantitative estimate of drug-likeness (QED) is 0.833. The van der Waals surface area contributed by atoms with E-state index in [-0.39, 0.29) is 17.5 Å². The highest BCUT2D eigenvalue weighted by Gasteiger charge is 2.16. The van der Waals surface area contributed by atoms with E-state index < -0.39 is 6.10 Å². The van der Waals surface area contributed by atoms with E-state index in [1.807, 2.05) is 0 Å². The van der Waals surface area contributed by atoms with Gasteiger partial charge in [-0.1, -0.05) is 11.6 Å². The Hall–Kier alpha value is -2.27. The minimum absolute atomic E-state index is 0.283. The van der Waals surface area contributed by atoms with Crippen LogP contribution in [0.5, 0.6) is 5.75 Å². The SMILES string of the molecule is CC(Oc1ccc(C=O)cc1Cl)C(=O)NCc1ccco1. The summed E-state index contributed by atoms with van der Waals surface area (Å²) in [6.07, 6.45) is 1.50. The van der Waals surface area contributed by atoms with Gasteiger partial charge in [-0.3, -0.25) is 9.59 Å². The molecule has 1 heterocycles. The fraction of sp³-hybridized carbons (Fsp3) is 0.200. The Morgan fingerprint density at radius 1 is 1.48 bits per heavy atom. The van der Waals surface area contributed by atoms with E-state index in [1.165, 1.54) is 12.3 Å². The molecule has 1 N–H and O–H groups in total. The first kappa shape index (κ1) is 15.1. The van der Waals surface area contributed by atoms with Gasteiger partial charge in [0, 0.05) is 5.56 Å². The smallest absolute Gasteiger partial charge is 0.261 e. The number of nitrogens with one attached hydrogen (secondary N) is 1. The van der Waals surface area contributed by atoms with Gasteiger partial charge in [-0.05, 0) is 37.3 Å². The van der Waals surface area contributed by atoms with Crippen LogP contribution >= 0.6 is 11.6 Å². The number of hydrogen-bond donors (Lipinski definition) is 1. The third-order valence-corrected chi connectivity index (χ3v) is 3.08. The maximum atomic E-state index is 11.9. The van der Waals surface area contributed by atoms with Gasteiger partial charge < -0.3 is 14.5 Å². The molecule has 0 saturated heterocycles. The Morgan fingerprint density at radius 3 is 2.90 bits per heavy atom. The van der Waals surface area contributed by atoms with Crippen LogP contribution in [-0.4, -0.2) is 18.3 Å². The Bertz CT molecular complexity index is 625. The van der Waals surface area contributed by atoms with Gasteiger partial charge in [-0.2, -0.15) is 0 Å². The molecule has 1 aromatic carbocycles. The van der Waals surface area contributed by atoms with Crippen molar-refractivity contribution >= 4 is 23.8 Å². The van der Waals surface area contributed by atoms with E-state index in [9.17, 15) is 9.59 Å². The number of benzene rings is 1. The van der Waals surface area contributed by atoms with Crippen LogP contribution in [0.25, 0.3) is 0 Å². The summed E-state index contributed by atoms with van der Waals surface area (Å²) >= 11 is 5.98. The van der Waals surface area contributed by atoms with Crippen molar-refractivity contribution in [1.29, 1.82) is 0 Å². The Kier molecular flexibility index (Phi) is 5.00. The van der Waals surface area contributed by atoms with Crippen LogP contribution in [-0.2, 0) is 11.3 Å². The first-order chi connectivity index (χ1) is 10.1. The molecule has 0 fully saturated rings. The van der Waals surface area contributed by atoms with E-state index in [4.69, 9.17) is 20.8 Å². The molecule has 0 aliphatic heterocycles. The summed E-state index contributed by atoms with van der Waals surface area (Å²) in [6.45, 7) is 1.90. The molecule has 2 rings (SSSR count). The second kappa shape index (κ2) is 6.95. The van der Waals surface area contributed by atoms with Gasteiger partial charge in [0.2, 0.25) is 0 Å². The highest BCUT2D eigenvalue weighted by atomic mass is 35.5. The van der Waals surface area contributed by atoms with E-state index in [1.54, 1.807) is 31.2 Å². The number of aldehydes is 1. The van der Waals surface area contributed by atoms with E-state index >= 15 is 0 Å². The third kappa shape index (κ3) is 4.10. The van der Waals surface area contributed by atoms with Gasteiger partial charge in [-0.15, -0.1) is 0 Å². The zero-order chi connectivity index (χ0) is 15.2. The van der Waals surface area contributed by atoms with Gasteiger partial charge in [0.25, 0.3) is 5.91 Å². The molecule has 21 heavy (non-hydrogen) atoms. The second-order valence-electron chi connectivity index (χ2n) is 4.36. The van der Waals surface area contributed by atoms with E-state index in [0.717, 1.165) is 0 Å². The van der Waals surface area contributed by atoms with Crippen molar-refractivity contribution in [2.75, 3.05) is 0 Å². The molecule has 0 radical (unpaired) electrons. The standard InChI is InChI=1S/C15H14ClNO4/c1-10(15(19)17-8-12-3-2-6-20-12)21-14-5-4-11(9-18)7-13(14)16/h2-7,9-10H,8H2,1H3,(H,17,19). The normalized spacial score (nSPS) is 11.7. The number of hydrogen-bond acceptors (Lipinski definition) is 4. The van der Waals surface area contributed by atoms with Gasteiger partial charge in [-0.25, -0.2) is 0 Å². The molecular formula is C15H14ClNO4. The first-order valence-corrected chi connectivity index (χ1v) is 6.69. The number of halogens is 1. The zero-order valence-electron chi connectivity index (χ0n) is 11.3. The minimum atomic E-state index is -0.723. The van der Waals surface area contributed by atoms with Crippen LogP contribution in [0.15, 0.2) is 41.0 Å². The second-order valence-corrected chi connectivity index (χ2v) is 4.77. The summed E-state index contributed by atoms with van der Waals surface area (Å²) < 4.78 is 10.6. The van der Waals surface area contributed by atoms with Crippen LogP contribution in [0.2, 0.25) is 5.02 Å². The molecule has 0 saturated carbocycles. The number of rotatable bonds is 6. The van der Waals surface area contributed by atoms with Crippen molar-refractivity contribution in [3.05, 3.63) is 52.9 Å². The number of ether oxygens (including phenoxy) is 1. The molecule has 5 nitrogen and oxygen atoms in total. The van der Waals surface area contributed by atoms with Crippen molar-refractivity contribution in [3.63, 3.8) is 0 Å². The van der Waals surface area contributed by atoms with Crippen LogP contribution in [0.3, 0.4) is 0 Å². The fourth-order valence-electron chi connectivity index (χ4n) is 1.66. The van der Waals surface area contributed by atoms with Crippen LogP contribution in [0.1, 0.15) is 23.0 Å². The average Bonchev–Trinajstić information content (AvgIpc) is 3.00. The molecule has 0 bridgehead atoms. The molecule has 1 aromatic heterocycles.